The minimum Gasteiger partial charge on any atom is -0.478 e. The molecule has 22 heavy (non-hydrogen) atoms. The molecule has 7 heteroatoms. The molecule has 1 aliphatic carbocycles. The summed E-state index contributed by atoms with van der Waals surface area (Å²) >= 11 is 0. The van der Waals surface area contributed by atoms with Gasteiger partial charge < -0.3 is 14.6 Å². The largest absolute Gasteiger partial charge is 0.478 e. The van der Waals surface area contributed by atoms with Crippen LogP contribution in [0.25, 0.3) is 5.57 Å². The summed E-state index contributed by atoms with van der Waals surface area (Å²) in [7, 11) is 0. The average Bonchev–Trinajstić information content (AvgIpc) is 2.91. The number of halogens is 3. The van der Waals surface area contributed by atoms with Gasteiger partial charge in [-0.25, -0.2) is 18.0 Å². The molecule has 118 valence electrons. The number of ether oxygens (including phenoxy) is 2. The smallest absolute Gasteiger partial charge is 0.332 e. The number of hydrogen-bond acceptors (Lipinski definition) is 3. The van der Waals surface area contributed by atoms with Gasteiger partial charge in [0.25, 0.3) is 0 Å². The van der Waals surface area contributed by atoms with Crippen LogP contribution in [-0.4, -0.2) is 30.1 Å². The SMILES string of the molecule is O=C(O)C1=C(c2cc(F)c(F)cc2F)CCC2(C1)OCCO2. The van der Waals surface area contributed by atoms with Crippen molar-refractivity contribution in [3.05, 3.63) is 40.7 Å². The van der Waals surface area contributed by atoms with Gasteiger partial charge in [-0.1, -0.05) is 0 Å². The highest BCUT2D eigenvalue weighted by molar-refractivity contribution is 5.97. The quantitative estimate of drug-likeness (QED) is 0.853. The second kappa shape index (κ2) is 5.40. The summed E-state index contributed by atoms with van der Waals surface area (Å²) in [6.45, 7) is 0.726. The second-order valence-corrected chi connectivity index (χ2v) is 5.29. The van der Waals surface area contributed by atoms with Crippen LogP contribution in [0.2, 0.25) is 0 Å². The number of hydrogen-bond donors (Lipinski definition) is 1. The van der Waals surface area contributed by atoms with Crippen LogP contribution in [0.3, 0.4) is 0 Å². The standard InChI is InChI=1S/C15H13F3O4/c16-11-6-13(18)12(17)5-9(11)8-1-2-15(21-3-4-22-15)7-10(8)14(19)20/h5-6H,1-4,7H2,(H,19,20). The minimum atomic E-state index is -1.31. The number of rotatable bonds is 2. The molecule has 1 aromatic carbocycles. The normalized spacial score (nSPS) is 20.7. The lowest BCUT2D eigenvalue weighted by Gasteiger charge is -2.33. The molecule has 1 fully saturated rings. The molecule has 0 unspecified atom stereocenters. The van der Waals surface area contributed by atoms with E-state index in [9.17, 15) is 23.1 Å². The molecule has 1 saturated heterocycles. The fraction of sp³-hybridized carbons (Fsp3) is 0.400. The summed E-state index contributed by atoms with van der Waals surface area (Å²) in [5, 5.41) is 9.37. The topological polar surface area (TPSA) is 55.8 Å². The molecule has 0 saturated carbocycles. The van der Waals surface area contributed by atoms with E-state index in [1.165, 1.54) is 0 Å². The molecule has 0 amide bonds. The van der Waals surface area contributed by atoms with Crippen molar-refractivity contribution >= 4 is 11.5 Å². The van der Waals surface area contributed by atoms with Gasteiger partial charge in [0.15, 0.2) is 17.4 Å². The zero-order valence-electron chi connectivity index (χ0n) is 11.5. The van der Waals surface area contributed by atoms with E-state index in [1.807, 2.05) is 0 Å². The summed E-state index contributed by atoms with van der Waals surface area (Å²) in [6, 6.07) is 1.11. The monoisotopic (exact) mass is 314 g/mol. The summed E-state index contributed by atoms with van der Waals surface area (Å²) in [4.78, 5) is 11.5. The number of allylic oxidation sites excluding steroid dienone is 1. The highest BCUT2D eigenvalue weighted by Crippen LogP contribution is 2.43. The van der Waals surface area contributed by atoms with Gasteiger partial charge in [-0.3, -0.25) is 0 Å². The molecule has 2 aliphatic rings. The number of carboxylic acids is 1. The van der Waals surface area contributed by atoms with Gasteiger partial charge in [0.1, 0.15) is 5.82 Å². The van der Waals surface area contributed by atoms with E-state index in [2.05, 4.69) is 0 Å². The van der Waals surface area contributed by atoms with Crippen LogP contribution in [0.15, 0.2) is 17.7 Å². The molecular formula is C15H13F3O4. The van der Waals surface area contributed by atoms with E-state index in [0.29, 0.717) is 31.8 Å². The van der Waals surface area contributed by atoms with E-state index in [1.54, 1.807) is 0 Å². The van der Waals surface area contributed by atoms with Crippen LogP contribution >= 0.6 is 0 Å². The third-order valence-corrected chi connectivity index (χ3v) is 3.97. The van der Waals surface area contributed by atoms with Gasteiger partial charge >= 0.3 is 5.97 Å². The number of benzene rings is 1. The van der Waals surface area contributed by atoms with Gasteiger partial charge in [-0.15, -0.1) is 0 Å². The first kappa shape index (κ1) is 15.1. The second-order valence-electron chi connectivity index (χ2n) is 5.29. The zero-order valence-corrected chi connectivity index (χ0v) is 11.5. The molecule has 1 spiro atoms. The summed E-state index contributed by atoms with van der Waals surface area (Å²) in [5.41, 5.74) is -0.184. The lowest BCUT2D eigenvalue weighted by Crippen LogP contribution is -2.35. The zero-order chi connectivity index (χ0) is 15.9. The molecule has 0 atom stereocenters. The van der Waals surface area contributed by atoms with Crippen LogP contribution in [-0.2, 0) is 14.3 Å². The fourth-order valence-corrected chi connectivity index (χ4v) is 2.93. The van der Waals surface area contributed by atoms with Crippen LogP contribution < -0.4 is 0 Å². The van der Waals surface area contributed by atoms with Crippen LogP contribution in [0.5, 0.6) is 0 Å². The fourth-order valence-electron chi connectivity index (χ4n) is 2.93. The van der Waals surface area contributed by atoms with Crippen molar-refractivity contribution in [1.82, 2.24) is 0 Å². The molecule has 3 rings (SSSR count). The van der Waals surface area contributed by atoms with Crippen molar-refractivity contribution < 1.29 is 32.5 Å². The van der Waals surface area contributed by atoms with Gasteiger partial charge in [-0.05, 0) is 18.1 Å². The predicted molar refractivity (Wildman–Crippen MR) is 69.4 cm³/mol. The van der Waals surface area contributed by atoms with E-state index >= 15 is 0 Å². The maximum Gasteiger partial charge on any atom is 0.332 e. The first-order chi connectivity index (χ1) is 10.4. The molecule has 0 aromatic heterocycles. The Morgan fingerprint density at radius 2 is 1.73 bits per heavy atom. The first-order valence-corrected chi connectivity index (χ1v) is 6.80. The Kier molecular flexibility index (Phi) is 3.70. The number of carbonyl (C=O) groups is 1. The molecule has 0 bridgehead atoms. The minimum absolute atomic E-state index is 0.0594. The van der Waals surface area contributed by atoms with E-state index in [4.69, 9.17) is 9.47 Å². The Labute approximate surface area is 124 Å². The summed E-state index contributed by atoms with van der Waals surface area (Å²) in [5.74, 6) is -5.78. The van der Waals surface area contributed by atoms with Crippen molar-refractivity contribution in [3.63, 3.8) is 0 Å². The van der Waals surface area contributed by atoms with Gasteiger partial charge in [-0.2, -0.15) is 0 Å². The first-order valence-electron chi connectivity index (χ1n) is 6.80. The lowest BCUT2D eigenvalue weighted by molar-refractivity contribution is -0.165. The summed E-state index contributed by atoms with van der Waals surface area (Å²) in [6.07, 6.45) is 0.414. The Morgan fingerprint density at radius 1 is 1.09 bits per heavy atom. The van der Waals surface area contributed by atoms with E-state index in [-0.39, 0.29) is 29.6 Å². The van der Waals surface area contributed by atoms with E-state index < -0.39 is 29.2 Å². The van der Waals surface area contributed by atoms with Crippen molar-refractivity contribution in [2.24, 2.45) is 0 Å². The predicted octanol–water partition coefficient (Wildman–Crippen LogP) is 2.87. The van der Waals surface area contributed by atoms with Crippen molar-refractivity contribution in [2.45, 2.75) is 25.0 Å². The molecule has 1 heterocycles. The number of carboxylic acid groups (broad SMARTS) is 1. The highest BCUT2D eigenvalue weighted by atomic mass is 19.2. The third-order valence-electron chi connectivity index (χ3n) is 3.97. The van der Waals surface area contributed by atoms with Gasteiger partial charge in [0, 0.05) is 30.0 Å². The van der Waals surface area contributed by atoms with Crippen molar-refractivity contribution in [3.8, 4) is 0 Å². The number of aliphatic carboxylic acids is 1. The molecule has 1 aromatic rings. The third kappa shape index (κ3) is 2.50. The molecular weight excluding hydrogens is 301 g/mol. The Bertz CT molecular complexity index is 663. The van der Waals surface area contributed by atoms with Crippen LogP contribution in [0, 0.1) is 17.5 Å². The van der Waals surface area contributed by atoms with Gasteiger partial charge in [0.2, 0.25) is 0 Å². The van der Waals surface area contributed by atoms with Crippen LogP contribution in [0.1, 0.15) is 24.8 Å². The van der Waals surface area contributed by atoms with E-state index in [0.717, 1.165) is 0 Å². The Morgan fingerprint density at radius 3 is 2.36 bits per heavy atom. The van der Waals surface area contributed by atoms with Crippen molar-refractivity contribution in [2.75, 3.05) is 13.2 Å². The van der Waals surface area contributed by atoms with Crippen LogP contribution in [0.4, 0.5) is 13.2 Å². The average molecular weight is 314 g/mol. The summed E-state index contributed by atoms with van der Waals surface area (Å²) < 4.78 is 51.3. The maximum atomic E-state index is 13.9. The maximum absolute atomic E-state index is 13.9. The Balaban J connectivity index is 2.07. The molecule has 1 aliphatic heterocycles. The highest BCUT2D eigenvalue weighted by Gasteiger charge is 2.43. The Hall–Kier alpha value is -1.86. The molecule has 4 nitrogen and oxygen atoms in total. The van der Waals surface area contributed by atoms with Crippen molar-refractivity contribution in [1.29, 1.82) is 0 Å². The molecule has 0 radical (unpaired) electrons. The lowest BCUT2D eigenvalue weighted by atomic mass is 9.83. The molecule has 1 N–H and O–H groups in total. The van der Waals surface area contributed by atoms with Gasteiger partial charge in [0.05, 0.1) is 13.2 Å².